The molecule has 0 aliphatic heterocycles. The van der Waals surface area contributed by atoms with Gasteiger partial charge in [-0.05, 0) is 30.2 Å². The number of hydrogen-bond donors (Lipinski definition) is 2. The second kappa shape index (κ2) is 7.92. The van der Waals surface area contributed by atoms with Crippen LogP contribution in [0.4, 0.5) is 0 Å². The molecule has 0 spiro atoms. The monoisotopic (exact) mass is 315 g/mol. The van der Waals surface area contributed by atoms with Crippen molar-refractivity contribution in [3.63, 3.8) is 0 Å². The lowest BCUT2D eigenvalue weighted by molar-refractivity contribution is -0.137. The van der Waals surface area contributed by atoms with E-state index in [4.69, 9.17) is 28.3 Å². The van der Waals surface area contributed by atoms with E-state index in [2.05, 4.69) is 5.32 Å². The first-order chi connectivity index (χ1) is 9.42. The molecule has 0 aliphatic rings. The minimum absolute atomic E-state index is 0.0944. The second-order valence-corrected chi connectivity index (χ2v) is 5.03. The third-order valence-corrected chi connectivity index (χ3v) is 3.37. The number of carbonyl (C=O) groups excluding carboxylic acids is 1. The van der Waals surface area contributed by atoms with Gasteiger partial charge in [-0.3, -0.25) is 9.59 Å². The Bertz CT molecular complexity index is 529. The molecule has 1 rings (SSSR count). The summed E-state index contributed by atoms with van der Waals surface area (Å²) in [6.45, 7) is 1.82. The van der Waals surface area contributed by atoms with Gasteiger partial charge in [0.15, 0.2) is 0 Å². The van der Waals surface area contributed by atoms with Crippen LogP contribution < -0.4 is 5.32 Å². The Morgan fingerprint density at radius 2 is 2.05 bits per heavy atom. The van der Waals surface area contributed by atoms with E-state index in [0.29, 0.717) is 16.5 Å². The zero-order chi connectivity index (χ0) is 15.1. The molecule has 0 saturated heterocycles. The first kappa shape index (κ1) is 16.5. The molecule has 1 amide bonds. The Hall–Kier alpha value is -1.52. The number of carboxylic acid groups (broad SMARTS) is 1. The van der Waals surface area contributed by atoms with Crippen molar-refractivity contribution in [2.24, 2.45) is 0 Å². The summed E-state index contributed by atoms with van der Waals surface area (Å²) in [5.41, 5.74) is 0.737. The van der Waals surface area contributed by atoms with Gasteiger partial charge < -0.3 is 10.4 Å². The van der Waals surface area contributed by atoms with Crippen LogP contribution in [-0.2, 0) is 9.59 Å². The van der Waals surface area contributed by atoms with Crippen molar-refractivity contribution in [3.05, 3.63) is 39.9 Å². The molecule has 108 valence electrons. The number of nitrogens with one attached hydrogen (secondary N) is 1. The van der Waals surface area contributed by atoms with Gasteiger partial charge in [0, 0.05) is 12.1 Å². The number of hydrogen-bond acceptors (Lipinski definition) is 2. The van der Waals surface area contributed by atoms with Gasteiger partial charge in [0.2, 0.25) is 5.91 Å². The predicted octanol–water partition coefficient (Wildman–Crippen LogP) is 3.38. The molecular formula is C14H15Cl2NO3. The van der Waals surface area contributed by atoms with E-state index < -0.39 is 5.97 Å². The fraction of sp³-hybridized carbons (Fsp3) is 0.286. The second-order valence-electron chi connectivity index (χ2n) is 4.22. The SMILES string of the molecule is CCC(CC(=O)O)NC(=O)/C=C/c1ccc(Cl)c(Cl)c1. The van der Waals surface area contributed by atoms with Crippen LogP contribution in [0.25, 0.3) is 6.08 Å². The van der Waals surface area contributed by atoms with E-state index in [1.54, 1.807) is 24.3 Å². The van der Waals surface area contributed by atoms with Gasteiger partial charge >= 0.3 is 5.97 Å². The van der Waals surface area contributed by atoms with Crippen LogP contribution in [0.3, 0.4) is 0 Å². The molecule has 4 nitrogen and oxygen atoms in total. The molecule has 0 saturated carbocycles. The molecule has 20 heavy (non-hydrogen) atoms. The first-order valence-electron chi connectivity index (χ1n) is 6.07. The third kappa shape index (κ3) is 5.63. The molecule has 0 fully saturated rings. The minimum atomic E-state index is -0.939. The van der Waals surface area contributed by atoms with Crippen LogP contribution in [0.1, 0.15) is 25.3 Å². The predicted molar refractivity (Wildman–Crippen MR) is 80.0 cm³/mol. The Labute approximate surface area is 127 Å². The smallest absolute Gasteiger partial charge is 0.305 e. The number of halogens is 2. The molecular weight excluding hydrogens is 301 g/mol. The third-order valence-electron chi connectivity index (χ3n) is 2.63. The fourth-order valence-electron chi connectivity index (χ4n) is 1.55. The van der Waals surface area contributed by atoms with Crippen molar-refractivity contribution in [1.29, 1.82) is 0 Å². The standard InChI is InChI=1S/C14H15Cl2NO3/c1-2-10(8-14(19)20)17-13(18)6-4-9-3-5-11(15)12(16)7-9/h3-7,10H,2,8H2,1H3,(H,17,18)(H,19,20)/b6-4+. The summed E-state index contributed by atoms with van der Waals surface area (Å²) in [7, 11) is 0. The average molecular weight is 316 g/mol. The van der Waals surface area contributed by atoms with Crippen molar-refractivity contribution >= 4 is 41.2 Å². The average Bonchev–Trinajstić information content (AvgIpc) is 2.39. The topological polar surface area (TPSA) is 66.4 Å². The number of aliphatic carboxylic acids is 1. The molecule has 6 heteroatoms. The lowest BCUT2D eigenvalue weighted by atomic mass is 10.1. The number of benzene rings is 1. The lowest BCUT2D eigenvalue weighted by Crippen LogP contribution is -2.34. The summed E-state index contributed by atoms with van der Waals surface area (Å²) in [5, 5.41) is 12.2. The molecule has 0 aromatic heterocycles. The summed E-state index contributed by atoms with van der Waals surface area (Å²) < 4.78 is 0. The highest BCUT2D eigenvalue weighted by Gasteiger charge is 2.12. The number of amides is 1. The maximum atomic E-state index is 11.7. The van der Waals surface area contributed by atoms with Crippen molar-refractivity contribution in [3.8, 4) is 0 Å². The van der Waals surface area contributed by atoms with Crippen LogP contribution in [0, 0.1) is 0 Å². The van der Waals surface area contributed by atoms with E-state index in [1.807, 2.05) is 6.92 Å². The summed E-state index contributed by atoms with van der Waals surface area (Å²) in [4.78, 5) is 22.3. The highest BCUT2D eigenvalue weighted by Crippen LogP contribution is 2.23. The Morgan fingerprint density at radius 3 is 2.60 bits per heavy atom. The van der Waals surface area contributed by atoms with Crippen LogP contribution >= 0.6 is 23.2 Å². The number of carbonyl (C=O) groups is 2. The maximum absolute atomic E-state index is 11.7. The van der Waals surface area contributed by atoms with E-state index in [9.17, 15) is 9.59 Å². The molecule has 0 heterocycles. The number of rotatable bonds is 6. The van der Waals surface area contributed by atoms with Crippen LogP contribution in [-0.4, -0.2) is 23.0 Å². The first-order valence-corrected chi connectivity index (χ1v) is 6.83. The van der Waals surface area contributed by atoms with Gasteiger partial charge in [-0.1, -0.05) is 36.2 Å². The molecule has 1 atom stereocenters. The zero-order valence-electron chi connectivity index (χ0n) is 10.9. The van der Waals surface area contributed by atoms with Gasteiger partial charge in [0.25, 0.3) is 0 Å². The Balaban J connectivity index is 2.62. The summed E-state index contributed by atoms with van der Waals surface area (Å²) >= 11 is 11.7. The number of carboxylic acids is 1. The quantitative estimate of drug-likeness (QED) is 0.791. The molecule has 2 N–H and O–H groups in total. The van der Waals surface area contributed by atoms with Crippen LogP contribution in [0.2, 0.25) is 10.0 Å². The molecule has 1 unspecified atom stereocenters. The molecule has 0 aliphatic carbocycles. The molecule has 0 radical (unpaired) electrons. The van der Waals surface area contributed by atoms with Gasteiger partial charge in [0.05, 0.1) is 16.5 Å². The highest BCUT2D eigenvalue weighted by molar-refractivity contribution is 6.42. The summed E-state index contributed by atoms with van der Waals surface area (Å²) in [6, 6.07) is 4.63. The van der Waals surface area contributed by atoms with Crippen molar-refractivity contribution in [2.45, 2.75) is 25.8 Å². The van der Waals surface area contributed by atoms with Gasteiger partial charge in [-0.15, -0.1) is 0 Å². The van der Waals surface area contributed by atoms with E-state index in [-0.39, 0.29) is 18.4 Å². The normalized spacial score (nSPS) is 12.3. The van der Waals surface area contributed by atoms with Gasteiger partial charge in [-0.25, -0.2) is 0 Å². The Morgan fingerprint density at radius 1 is 1.35 bits per heavy atom. The van der Waals surface area contributed by atoms with Gasteiger partial charge in [-0.2, -0.15) is 0 Å². The summed E-state index contributed by atoms with van der Waals surface area (Å²) in [5.74, 6) is -1.28. The summed E-state index contributed by atoms with van der Waals surface area (Å²) in [6.07, 6.45) is 3.39. The minimum Gasteiger partial charge on any atom is -0.481 e. The van der Waals surface area contributed by atoms with Crippen LogP contribution in [0.5, 0.6) is 0 Å². The molecule has 1 aromatic rings. The molecule has 0 bridgehead atoms. The van der Waals surface area contributed by atoms with E-state index >= 15 is 0 Å². The fourth-order valence-corrected chi connectivity index (χ4v) is 1.85. The lowest BCUT2D eigenvalue weighted by Gasteiger charge is -2.12. The zero-order valence-corrected chi connectivity index (χ0v) is 12.4. The van der Waals surface area contributed by atoms with Crippen molar-refractivity contribution in [2.75, 3.05) is 0 Å². The highest BCUT2D eigenvalue weighted by atomic mass is 35.5. The van der Waals surface area contributed by atoms with Crippen LogP contribution in [0.15, 0.2) is 24.3 Å². The van der Waals surface area contributed by atoms with Gasteiger partial charge in [0.1, 0.15) is 0 Å². The van der Waals surface area contributed by atoms with Crippen molar-refractivity contribution in [1.82, 2.24) is 5.32 Å². The largest absolute Gasteiger partial charge is 0.481 e. The van der Waals surface area contributed by atoms with Crippen molar-refractivity contribution < 1.29 is 14.7 Å². The van der Waals surface area contributed by atoms with E-state index in [0.717, 1.165) is 5.56 Å². The van der Waals surface area contributed by atoms with E-state index in [1.165, 1.54) is 6.08 Å². The molecule has 1 aromatic carbocycles. The Kier molecular flexibility index (Phi) is 6.55. The maximum Gasteiger partial charge on any atom is 0.305 e.